The third-order valence-electron chi connectivity index (χ3n) is 5.32. The van der Waals surface area contributed by atoms with Crippen LogP contribution in [0.5, 0.6) is 0 Å². The number of hydrogen-bond donors (Lipinski definition) is 2. The van der Waals surface area contributed by atoms with Gasteiger partial charge in [-0.1, -0.05) is 12.1 Å². The fourth-order valence-corrected chi connectivity index (χ4v) is 3.81. The standard InChI is InChI=1S/C24H24F3N5O/c1-15-12-16(2)29-21(13-15)31-23(33)32-11-4-3-10-28-20-9-8-19(30-22(20)32)17-6-5-7-18(14-17)24(25,26)27/h5-9,12-14,28H,3-4,10-11H2,1-2H3,(H,29,31,33). The van der Waals surface area contributed by atoms with Gasteiger partial charge < -0.3 is 5.32 Å². The molecule has 0 saturated heterocycles. The molecule has 0 saturated carbocycles. The Morgan fingerprint density at radius 3 is 2.64 bits per heavy atom. The van der Waals surface area contributed by atoms with E-state index in [1.807, 2.05) is 19.9 Å². The van der Waals surface area contributed by atoms with E-state index in [1.165, 1.54) is 11.0 Å². The highest BCUT2D eigenvalue weighted by molar-refractivity contribution is 6.02. The van der Waals surface area contributed by atoms with Crippen molar-refractivity contribution in [1.82, 2.24) is 9.97 Å². The minimum Gasteiger partial charge on any atom is -0.382 e. The molecule has 0 spiro atoms. The van der Waals surface area contributed by atoms with Gasteiger partial charge in [0.25, 0.3) is 0 Å². The first-order chi connectivity index (χ1) is 15.7. The van der Waals surface area contributed by atoms with E-state index in [1.54, 1.807) is 24.3 Å². The number of benzene rings is 1. The molecule has 2 N–H and O–H groups in total. The summed E-state index contributed by atoms with van der Waals surface area (Å²) in [5.41, 5.74) is 2.33. The summed E-state index contributed by atoms with van der Waals surface area (Å²) in [6.07, 6.45) is -2.85. The van der Waals surface area contributed by atoms with E-state index in [9.17, 15) is 18.0 Å². The number of halogens is 3. The van der Waals surface area contributed by atoms with Crippen molar-refractivity contribution in [3.63, 3.8) is 0 Å². The van der Waals surface area contributed by atoms with Crippen LogP contribution in [0.3, 0.4) is 0 Å². The molecule has 172 valence electrons. The maximum Gasteiger partial charge on any atom is 0.416 e. The monoisotopic (exact) mass is 455 g/mol. The van der Waals surface area contributed by atoms with Crippen LogP contribution in [0, 0.1) is 13.8 Å². The highest BCUT2D eigenvalue weighted by Crippen LogP contribution is 2.34. The Morgan fingerprint density at radius 2 is 1.88 bits per heavy atom. The normalized spacial score (nSPS) is 14.0. The molecule has 33 heavy (non-hydrogen) atoms. The summed E-state index contributed by atoms with van der Waals surface area (Å²) in [5, 5.41) is 6.10. The molecule has 0 aliphatic carbocycles. The lowest BCUT2D eigenvalue weighted by molar-refractivity contribution is -0.137. The highest BCUT2D eigenvalue weighted by Gasteiger charge is 2.31. The number of aromatic nitrogens is 2. The molecule has 0 fully saturated rings. The van der Waals surface area contributed by atoms with Gasteiger partial charge in [0.1, 0.15) is 5.82 Å². The van der Waals surface area contributed by atoms with Crippen LogP contribution in [0.2, 0.25) is 0 Å². The molecule has 0 radical (unpaired) electrons. The molecule has 1 aliphatic heterocycles. The lowest BCUT2D eigenvalue weighted by Gasteiger charge is -2.27. The molecule has 3 heterocycles. The van der Waals surface area contributed by atoms with E-state index in [0.29, 0.717) is 41.7 Å². The molecular weight excluding hydrogens is 431 g/mol. The van der Waals surface area contributed by atoms with E-state index < -0.39 is 17.8 Å². The van der Waals surface area contributed by atoms with E-state index in [-0.39, 0.29) is 0 Å². The van der Waals surface area contributed by atoms with Gasteiger partial charge in [0.05, 0.1) is 16.9 Å². The number of nitrogens with zero attached hydrogens (tertiary/aromatic N) is 3. The zero-order chi connectivity index (χ0) is 23.6. The third-order valence-corrected chi connectivity index (χ3v) is 5.32. The van der Waals surface area contributed by atoms with Gasteiger partial charge in [-0.2, -0.15) is 13.2 Å². The molecule has 9 heteroatoms. The van der Waals surface area contributed by atoms with Crippen LogP contribution < -0.4 is 15.5 Å². The second kappa shape index (κ2) is 9.09. The van der Waals surface area contributed by atoms with Gasteiger partial charge in [0.15, 0.2) is 5.82 Å². The minimum atomic E-state index is -4.45. The number of pyridine rings is 2. The summed E-state index contributed by atoms with van der Waals surface area (Å²) in [6.45, 7) is 4.90. The summed E-state index contributed by atoms with van der Waals surface area (Å²) in [5.74, 6) is 0.801. The van der Waals surface area contributed by atoms with Crippen LogP contribution in [0.4, 0.5) is 35.3 Å². The Kier molecular flexibility index (Phi) is 6.22. The summed E-state index contributed by atoms with van der Waals surface area (Å²) >= 11 is 0. The number of alkyl halides is 3. The number of carbonyl (C=O) groups is 1. The van der Waals surface area contributed by atoms with Gasteiger partial charge in [-0.15, -0.1) is 0 Å². The SMILES string of the molecule is Cc1cc(C)nc(NC(=O)N2CCCCNc3ccc(-c4cccc(C(F)(F)F)c4)nc32)c1. The average molecular weight is 455 g/mol. The zero-order valence-electron chi connectivity index (χ0n) is 18.3. The van der Waals surface area contributed by atoms with Crippen LogP contribution in [0.1, 0.15) is 29.7 Å². The lowest BCUT2D eigenvalue weighted by Crippen LogP contribution is -2.38. The number of nitrogens with one attached hydrogen (secondary N) is 2. The van der Waals surface area contributed by atoms with Gasteiger partial charge in [-0.05, 0) is 68.7 Å². The van der Waals surface area contributed by atoms with Crippen molar-refractivity contribution in [3.8, 4) is 11.3 Å². The van der Waals surface area contributed by atoms with Crippen LogP contribution in [-0.2, 0) is 6.18 Å². The van der Waals surface area contributed by atoms with E-state index in [0.717, 1.165) is 36.2 Å². The second-order valence-electron chi connectivity index (χ2n) is 8.03. The largest absolute Gasteiger partial charge is 0.416 e. The minimum absolute atomic E-state index is 0.325. The van der Waals surface area contributed by atoms with E-state index >= 15 is 0 Å². The molecule has 0 unspecified atom stereocenters. The Hall–Kier alpha value is -3.62. The number of aryl methyl sites for hydroxylation is 2. The maximum atomic E-state index is 13.2. The highest BCUT2D eigenvalue weighted by atomic mass is 19.4. The van der Waals surface area contributed by atoms with Gasteiger partial charge >= 0.3 is 12.2 Å². The summed E-state index contributed by atoms with van der Waals surface area (Å²) in [4.78, 5) is 23.7. The van der Waals surface area contributed by atoms with Gasteiger partial charge in [-0.3, -0.25) is 10.2 Å². The molecule has 1 aliphatic rings. The summed E-state index contributed by atoms with van der Waals surface area (Å²) < 4.78 is 39.6. The molecule has 0 bridgehead atoms. The van der Waals surface area contributed by atoms with Crippen LogP contribution in [-0.4, -0.2) is 29.1 Å². The Labute approximate surface area is 189 Å². The Morgan fingerprint density at radius 1 is 1.06 bits per heavy atom. The summed E-state index contributed by atoms with van der Waals surface area (Å²) in [6, 6.07) is 11.7. The predicted octanol–water partition coefficient (Wildman–Crippen LogP) is 6.02. The van der Waals surface area contributed by atoms with Crippen LogP contribution in [0.15, 0.2) is 48.5 Å². The quantitative estimate of drug-likeness (QED) is 0.496. The predicted molar refractivity (Wildman–Crippen MR) is 122 cm³/mol. The maximum absolute atomic E-state index is 13.2. The van der Waals surface area contributed by atoms with E-state index in [2.05, 4.69) is 20.6 Å². The smallest absolute Gasteiger partial charge is 0.382 e. The molecule has 3 aromatic rings. The number of anilines is 3. The molecule has 2 aromatic heterocycles. The molecule has 2 amide bonds. The topological polar surface area (TPSA) is 70.2 Å². The molecule has 4 rings (SSSR count). The van der Waals surface area contributed by atoms with Crippen LogP contribution >= 0.6 is 0 Å². The number of rotatable bonds is 2. The Bertz CT molecular complexity index is 1160. The third kappa shape index (κ3) is 5.24. The Balaban J connectivity index is 1.71. The molecule has 0 atom stereocenters. The van der Waals surface area contributed by atoms with Crippen molar-refractivity contribution in [1.29, 1.82) is 0 Å². The molecule has 6 nitrogen and oxygen atoms in total. The average Bonchev–Trinajstić information content (AvgIpc) is 2.73. The van der Waals surface area contributed by atoms with E-state index in [4.69, 9.17) is 0 Å². The zero-order valence-corrected chi connectivity index (χ0v) is 18.3. The van der Waals surface area contributed by atoms with Crippen molar-refractivity contribution in [3.05, 3.63) is 65.4 Å². The fraction of sp³-hybridized carbons (Fsp3) is 0.292. The first-order valence-electron chi connectivity index (χ1n) is 10.7. The first-order valence-corrected chi connectivity index (χ1v) is 10.7. The number of urea groups is 1. The summed E-state index contributed by atoms with van der Waals surface area (Å²) in [7, 11) is 0. The van der Waals surface area contributed by atoms with Crippen molar-refractivity contribution in [2.24, 2.45) is 0 Å². The molecule has 1 aromatic carbocycles. The van der Waals surface area contributed by atoms with Crippen molar-refractivity contribution in [2.75, 3.05) is 28.6 Å². The first kappa shape index (κ1) is 22.6. The lowest BCUT2D eigenvalue weighted by atomic mass is 10.1. The fourth-order valence-electron chi connectivity index (χ4n) is 3.81. The van der Waals surface area contributed by atoms with Crippen molar-refractivity contribution in [2.45, 2.75) is 32.9 Å². The van der Waals surface area contributed by atoms with Crippen molar-refractivity contribution < 1.29 is 18.0 Å². The van der Waals surface area contributed by atoms with Gasteiger partial charge in [0, 0.05) is 24.3 Å². The number of carbonyl (C=O) groups excluding carboxylic acids is 1. The van der Waals surface area contributed by atoms with Crippen molar-refractivity contribution >= 4 is 23.4 Å². The van der Waals surface area contributed by atoms with Gasteiger partial charge in [-0.25, -0.2) is 14.8 Å². The van der Waals surface area contributed by atoms with Gasteiger partial charge in [0.2, 0.25) is 0 Å². The number of amides is 2. The number of hydrogen-bond acceptors (Lipinski definition) is 4. The van der Waals surface area contributed by atoms with Crippen LogP contribution in [0.25, 0.3) is 11.3 Å². The second-order valence-corrected chi connectivity index (χ2v) is 8.03. The number of fused-ring (bicyclic) bond motifs is 1. The molecular formula is C24H24F3N5O.